The highest BCUT2D eigenvalue weighted by atomic mass is 35.5. The van der Waals surface area contributed by atoms with Crippen molar-refractivity contribution >= 4 is 29.0 Å². The number of benzene rings is 2. The van der Waals surface area contributed by atoms with Crippen LogP contribution in [0.1, 0.15) is 23.3 Å². The number of carbonyl (C=O) groups is 1. The summed E-state index contributed by atoms with van der Waals surface area (Å²) in [7, 11) is 1.58. The molecule has 0 bridgehead atoms. The van der Waals surface area contributed by atoms with E-state index in [0.29, 0.717) is 33.8 Å². The van der Waals surface area contributed by atoms with Gasteiger partial charge in [0.1, 0.15) is 17.3 Å². The van der Waals surface area contributed by atoms with Crippen LogP contribution < -0.4 is 15.4 Å². The van der Waals surface area contributed by atoms with Gasteiger partial charge < -0.3 is 15.4 Å². The van der Waals surface area contributed by atoms with Crippen LogP contribution in [0.25, 0.3) is 11.4 Å². The lowest BCUT2D eigenvalue weighted by molar-refractivity contribution is 0.0946. The number of nitrogens with one attached hydrogen (secondary N) is 2. The van der Waals surface area contributed by atoms with Gasteiger partial charge in [0.15, 0.2) is 5.82 Å². The van der Waals surface area contributed by atoms with Crippen LogP contribution in [0.4, 0.5) is 11.5 Å². The molecular weight excluding hydrogens is 376 g/mol. The summed E-state index contributed by atoms with van der Waals surface area (Å²) in [5, 5.41) is 6.73. The van der Waals surface area contributed by atoms with E-state index in [1.54, 1.807) is 31.4 Å². The van der Waals surface area contributed by atoms with Crippen LogP contribution in [-0.4, -0.2) is 29.0 Å². The number of hydrogen-bond acceptors (Lipinski definition) is 5. The molecule has 3 aromatic rings. The quantitative estimate of drug-likeness (QED) is 0.646. The molecule has 1 saturated carbocycles. The molecule has 0 aliphatic heterocycles. The zero-order chi connectivity index (χ0) is 19.5. The van der Waals surface area contributed by atoms with Gasteiger partial charge in [-0.15, -0.1) is 0 Å². The summed E-state index contributed by atoms with van der Waals surface area (Å²) in [4.78, 5) is 21.6. The van der Waals surface area contributed by atoms with E-state index in [1.165, 1.54) is 0 Å². The molecule has 7 heteroatoms. The summed E-state index contributed by atoms with van der Waals surface area (Å²) in [6.45, 7) is 0. The van der Waals surface area contributed by atoms with Crippen LogP contribution >= 0.6 is 11.6 Å². The van der Waals surface area contributed by atoms with Crippen LogP contribution in [-0.2, 0) is 0 Å². The maximum absolute atomic E-state index is 12.6. The molecule has 4 rings (SSSR count). The number of carbonyl (C=O) groups excluding carboxylic acids is 1. The Labute approximate surface area is 167 Å². The molecule has 1 fully saturated rings. The number of aromatic nitrogens is 2. The van der Waals surface area contributed by atoms with Crippen LogP contribution in [0.5, 0.6) is 5.75 Å². The van der Waals surface area contributed by atoms with E-state index in [1.807, 2.05) is 30.3 Å². The molecule has 0 saturated heterocycles. The summed E-state index contributed by atoms with van der Waals surface area (Å²) in [5.74, 6) is 1.36. The number of amides is 1. The first-order valence-electron chi connectivity index (χ1n) is 8.98. The maximum Gasteiger partial charge on any atom is 0.270 e. The Morgan fingerprint density at radius 1 is 1.11 bits per heavy atom. The van der Waals surface area contributed by atoms with E-state index in [4.69, 9.17) is 16.3 Å². The second kappa shape index (κ2) is 7.86. The molecule has 142 valence electrons. The summed E-state index contributed by atoms with van der Waals surface area (Å²) < 4.78 is 5.38. The second-order valence-corrected chi connectivity index (χ2v) is 6.98. The summed E-state index contributed by atoms with van der Waals surface area (Å²) >= 11 is 6.12. The Hall–Kier alpha value is -3.12. The van der Waals surface area contributed by atoms with Gasteiger partial charge in [0.05, 0.1) is 12.8 Å². The number of ether oxygens (including phenoxy) is 1. The lowest BCUT2D eigenvalue weighted by atomic mass is 10.2. The molecule has 1 amide bonds. The molecule has 0 radical (unpaired) electrons. The number of halogens is 1. The normalized spacial score (nSPS) is 13.1. The van der Waals surface area contributed by atoms with Gasteiger partial charge in [-0.25, -0.2) is 9.97 Å². The first-order chi connectivity index (χ1) is 13.6. The molecule has 1 aliphatic carbocycles. The smallest absolute Gasteiger partial charge is 0.270 e. The van der Waals surface area contributed by atoms with Gasteiger partial charge in [0.2, 0.25) is 0 Å². The standard InChI is InChI=1S/C21H19ClN4O2/c1-28-18-10-7-14(22)11-16(18)24-19-12-17(21(27)23-15-8-9-15)25-20(26-19)13-5-3-2-4-6-13/h2-7,10-12,15H,8-9H2,1H3,(H,23,27)(H,24,25,26). The minimum atomic E-state index is -0.205. The fourth-order valence-corrected chi connectivity index (χ4v) is 2.92. The molecule has 0 spiro atoms. The topological polar surface area (TPSA) is 76.1 Å². The van der Waals surface area contributed by atoms with Crippen molar-refractivity contribution in [2.45, 2.75) is 18.9 Å². The van der Waals surface area contributed by atoms with Crippen LogP contribution in [0.3, 0.4) is 0 Å². The van der Waals surface area contributed by atoms with Gasteiger partial charge in [0.25, 0.3) is 5.91 Å². The predicted molar refractivity (Wildman–Crippen MR) is 109 cm³/mol. The van der Waals surface area contributed by atoms with Crippen molar-refractivity contribution in [1.82, 2.24) is 15.3 Å². The average molecular weight is 395 g/mol. The number of nitrogens with zero attached hydrogens (tertiary/aromatic N) is 2. The zero-order valence-corrected chi connectivity index (χ0v) is 16.0. The molecule has 28 heavy (non-hydrogen) atoms. The molecule has 1 aromatic heterocycles. The third kappa shape index (κ3) is 4.23. The Balaban J connectivity index is 1.73. The molecule has 2 aromatic carbocycles. The first kappa shape index (κ1) is 18.3. The van der Waals surface area contributed by atoms with Crippen molar-refractivity contribution in [3.05, 3.63) is 65.3 Å². The minimum absolute atomic E-state index is 0.205. The van der Waals surface area contributed by atoms with Gasteiger partial charge >= 0.3 is 0 Å². The molecule has 0 unspecified atom stereocenters. The minimum Gasteiger partial charge on any atom is -0.495 e. The summed E-state index contributed by atoms with van der Waals surface area (Å²) in [6, 6.07) is 16.7. The van der Waals surface area contributed by atoms with Gasteiger partial charge in [-0.05, 0) is 31.0 Å². The van der Waals surface area contributed by atoms with Gasteiger partial charge in [0, 0.05) is 22.7 Å². The number of rotatable bonds is 6. The molecule has 0 atom stereocenters. The highest BCUT2D eigenvalue weighted by Crippen LogP contribution is 2.31. The van der Waals surface area contributed by atoms with Gasteiger partial charge in [-0.2, -0.15) is 0 Å². The third-order valence-corrected chi connectivity index (χ3v) is 4.56. The van der Waals surface area contributed by atoms with E-state index in [2.05, 4.69) is 20.6 Å². The van der Waals surface area contributed by atoms with Gasteiger partial charge in [-0.1, -0.05) is 41.9 Å². The third-order valence-electron chi connectivity index (χ3n) is 4.33. The van der Waals surface area contributed by atoms with Gasteiger partial charge in [-0.3, -0.25) is 4.79 Å². The van der Waals surface area contributed by atoms with Crippen LogP contribution in [0, 0.1) is 0 Å². The lowest BCUT2D eigenvalue weighted by Crippen LogP contribution is -2.26. The van der Waals surface area contributed by atoms with Crippen LogP contribution in [0.2, 0.25) is 5.02 Å². The number of hydrogen-bond donors (Lipinski definition) is 2. The number of anilines is 2. The van der Waals surface area contributed by atoms with Crippen LogP contribution in [0.15, 0.2) is 54.6 Å². The fraction of sp³-hybridized carbons (Fsp3) is 0.190. The molecule has 6 nitrogen and oxygen atoms in total. The van der Waals surface area contributed by atoms with E-state index in [-0.39, 0.29) is 11.9 Å². The SMILES string of the molecule is COc1ccc(Cl)cc1Nc1cc(C(=O)NC2CC2)nc(-c2ccccc2)n1. The summed E-state index contributed by atoms with van der Waals surface area (Å²) in [6.07, 6.45) is 2.01. The Morgan fingerprint density at radius 2 is 1.89 bits per heavy atom. The van der Waals surface area contributed by atoms with Crippen molar-refractivity contribution in [2.75, 3.05) is 12.4 Å². The monoisotopic (exact) mass is 394 g/mol. The van der Waals surface area contributed by atoms with Crippen molar-refractivity contribution in [1.29, 1.82) is 0 Å². The molecule has 1 aliphatic rings. The Morgan fingerprint density at radius 3 is 2.61 bits per heavy atom. The highest BCUT2D eigenvalue weighted by molar-refractivity contribution is 6.31. The van der Waals surface area contributed by atoms with E-state index in [9.17, 15) is 4.79 Å². The molecule has 2 N–H and O–H groups in total. The predicted octanol–water partition coefficient (Wildman–Crippen LogP) is 4.44. The maximum atomic E-state index is 12.6. The summed E-state index contributed by atoms with van der Waals surface area (Å²) in [5.41, 5.74) is 1.79. The van der Waals surface area contributed by atoms with Crippen molar-refractivity contribution in [3.8, 4) is 17.1 Å². The lowest BCUT2D eigenvalue weighted by Gasteiger charge is -2.13. The first-order valence-corrected chi connectivity index (χ1v) is 9.36. The molecular formula is C21H19ClN4O2. The zero-order valence-electron chi connectivity index (χ0n) is 15.3. The second-order valence-electron chi connectivity index (χ2n) is 6.55. The van der Waals surface area contributed by atoms with Crippen molar-refractivity contribution in [3.63, 3.8) is 0 Å². The van der Waals surface area contributed by atoms with E-state index < -0.39 is 0 Å². The average Bonchev–Trinajstić information content (AvgIpc) is 3.52. The van der Waals surface area contributed by atoms with E-state index in [0.717, 1.165) is 18.4 Å². The van der Waals surface area contributed by atoms with Crippen molar-refractivity contribution in [2.24, 2.45) is 0 Å². The fourth-order valence-electron chi connectivity index (χ4n) is 2.75. The largest absolute Gasteiger partial charge is 0.495 e. The Bertz CT molecular complexity index is 1010. The Kier molecular flexibility index (Phi) is 5.12. The molecule has 1 heterocycles. The number of methoxy groups -OCH3 is 1. The van der Waals surface area contributed by atoms with Crippen molar-refractivity contribution < 1.29 is 9.53 Å². The highest BCUT2D eigenvalue weighted by Gasteiger charge is 2.25. The van der Waals surface area contributed by atoms with E-state index >= 15 is 0 Å².